The smallest absolute Gasteiger partial charge is 0.166 e. The van der Waals surface area contributed by atoms with Crippen molar-refractivity contribution in [3.8, 4) is 23.0 Å². The lowest BCUT2D eigenvalue weighted by atomic mass is 9.99. The van der Waals surface area contributed by atoms with Gasteiger partial charge in [-0.05, 0) is 65.4 Å². The number of rotatable bonds is 2. The number of halogens is 6. The highest BCUT2D eigenvalue weighted by Gasteiger charge is 2.17. The first-order valence-electron chi connectivity index (χ1n) is 9.65. The van der Waals surface area contributed by atoms with E-state index in [1.807, 2.05) is 0 Å². The monoisotopic (exact) mass is 440 g/mol. The SMILES string of the molecule is CCc1cc(F)c(-c2cc(F)c(C#Cc3ccc4c(F)c(F)ccc4c3)c(F)c2)c(F)c1. The summed E-state index contributed by atoms with van der Waals surface area (Å²) in [4.78, 5) is 0. The molecule has 0 nitrogen and oxygen atoms in total. The van der Waals surface area contributed by atoms with Gasteiger partial charge in [0.05, 0.1) is 11.1 Å². The lowest BCUT2D eigenvalue weighted by molar-refractivity contribution is 0.517. The molecule has 0 bridgehead atoms. The second-order valence-electron chi connectivity index (χ2n) is 7.15. The van der Waals surface area contributed by atoms with Gasteiger partial charge in [0, 0.05) is 10.9 Å². The quantitative estimate of drug-likeness (QED) is 0.227. The summed E-state index contributed by atoms with van der Waals surface area (Å²) in [6, 6.07) is 10.4. The van der Waals surface area contributed by atoms with E-state index in [1.165, 1.54) is 24.3 Å². The molecule has 0 aliphatic rings. The van der Waals surface area contributed by atoms with Crippen molar-refractivity contribution in [1.82, 2.24) is 0 Å². The lowest BCUT2D eigenvalue weighted by Crippen LogP contribution is -1.97. The highest BCUT2D eigenvalue weighted by Crippen LogP contribution is 2.30. The molecule has 6 heteroatoms. The van der Waals surface area contributed by atoms with E-state index in [-0.39, 0.29) is 10.9 Å². The van der Waals surface area contributed by atoms with Crippen molar-refractivity contribution < 1.29 is 26.3 Å². The Balaban J connectivity index is 1.73. The zero-order valence-corrected chi connectivity index (χ0v) is 16.7. The van der Waals surface area contributed by atoms with Gasteiger partial charge in [-0.3, -0.25) is 0 Å². The summed E-state index contributed by atoms with van der Waals surface area (Å²) in [5.74, 6) is -1.06. The van der Waals surface area contributed by atoms with Crippen LogP contribution in [-0.2, 0) is 6.42 Å². The van der Waals surface area contributed by atoms with Gasteiger partial charge in [0.1, 0.15) is 23.3 Å². The van der Waals surface area contributed by atoms with Crippen LogP contribution in [0.25, 0.3) is 21.9 Å². The molecule has 0 unspecified atom stereocenters. The van der Waals surface area contributed by atoms with Crippen molar-refractivity contribution in [2.45, 2.75) is 13.3 Å². The molecule has 32 heavy (non-hydrogen) atoms. The van der Waals surface area contributed by atoms with Crippen molar-refractivity contribution in [3.63, 3.8) is 0 Å². The van der Waals surface area contributed by atoms with E-state index in [1.54, 1.807) is 6.92 Å². The van der Waals surface area contributed by atoms with Crippen LogP contribution in [0.4, 0.5) is 26.3 Å². The second kappa shape index (κ2) is 8.43. The van der Waals surface area contributed by atoms with E-state index in [0.29, 0.717) is 22.9 Å². The van der Waals surface area contributed by atoms with Gasteiger partial charge in [-0.2, -0.15) is 0 Å². The second-order valence-corrected chi connectivity index (χ2v) is 7.15. The predicted octanol–water partition coefficient (Wildman–Crippen LogP) is 7.30. The number of benzene rings is 4. The molecule has 0 amide bonds. The molecule has 4 aromatic rings. The topological polar surface area (TPSA) is 0 Å². The van der Waals surface area contributed by atoms with Gasteiger partial charge in [0.15, 0.2) is 11.6 Å². The Kier molecular flexibility index (Phi) is 5.67. The average molecular weight is 440 g/mol. The lowest BCUT2D eigenvalue weighted by Gasteiger charge is -2.09. The van der Waals surface area contributed by atoms with Crippen LogP contribution in [0, 0.1) is 46.7 Å². The van der Waals surface area contributed by atoms with Crippen LogP contribution in [0.1, 0.15) is 23.6 Å². The summed E-state index contributed by atoms with van der Waals surface area (Å²) < 4.78 is 84.9. The molecule has 4 aromatic carbocycles. The maximum atomic E-state index is 14.6. The largest absolute Gasteiger partial charge is 0.206 e. The molecule has 160 valence electrons. The third-order valence-electron chi connectivity index (χ3n) is 5.08. The van der Waals surface area contributed by atoms with Crippen LogP contribution >= 0.6 is 0 Å². The molecule has 0 atom stereocenters. The van der Waals surface area contributed by atoms with Crippen LogP contribution in [-0.4, -0.2) is 0 Å². The maximum Gasteiger partial charge on any atom is 0.166 e. The van der Waals surface area contributed by atoms with E-state index in [9.17, 15) is 26.3 Å². The predicted molar refractivity (Wildman–Crippen MR) is 111 cm³/mol. The molecule has 0 aromatic heterocycles. The Morgan fingerprint density at radius 1 is 0.656 bits per heavy atom. The molecule has 0 fully saturated rings. The van der Waals surface area contributed by atoms with Crippen molar-refractivity contribution in [3.05, 3.63) is 106 Å². The van der Waals surface area contributed by atoms with Crippen molar-refractivity contribution in [2.24, 2.45) is 0 Å². The molecular weight excluding hydrogens is 426 g/mol. The highest BCUT2D eigenvalue weighted by molar-refractivity contribution is 5.84. The summed E-state index contributed by atoms with van der Waals surface area (Å²) in [5.41, 5.74) is -0.649. The number of hydrogen-bond acceptors (Lipinski definition) is 0. The zero-order valence-electron chi connectivity index (χ0n) is 16.7. The Bertz CT molecular complexity index is 1380. The fourth-order valence-electron chi connectivity index (χ4n) is 3.42. The molecule has 0 heterocycles. The summed E-state index contributed by atoms with van der Waals surface area (Å²) in [6.07, 6.45) is 0.404. The maximum absolute atomic E-state index is 14.6. The molecule has 0 N–H and O–H groups in total. The molecule has 0 aliphatic heterocycles. The number of fused-ring (bicyclic) bond motifs is 1. The molecule has 0 saturated carbocycles. The van der Waals surface area contributed by atoms with Gasteiger partial charge in [0.2, 0.25) is 0 Å². The molecule has 0 radical (unpaired) electrons. The fourth-order valence-corrected chi connectivity index (χ4v) is 3.42. The summed E-state index contributed by atoms with van der Waals surface area (Å²) in [7, 11) is 0. The summed E-state index contributed by atoms with van der Waals surface area (Å²) >= 11 is 0. The summed E-state index contributed by atoms with van der Waals surface area (Å²) in [5, 5.41) is 0.420. The fraction of sp³-hybridized carbons (Fsp3) is 0.0769. The Hall–Kier alpha value is -3.72. The van der Waals surface area contributed by atoms with Gasteiger partial charge in [-0.25, -0.2) is 26.3 Å². The molecule has 0 saturated heterocycles. The molecular formula is C26H14F6. The van der Waals surface area contributed by atoms with Crippen LogP contribution in [0.2, 0.25) is 0 Å². The minimum atomic E-state index is -1.08. The van der Waals surface area contributed by atoms with E-state index in [4.69, 9.17) is 0 Å². The average Bonchev–Trinajstić information content (AvgIpc) is 2.75. The Morgan fingerprint density at radius 3 is 1.94 bits per heavy atom. The normalized spacial score (nSPS) is 10.8. The standard InChI is InChI=1S/C26H14F6/c1-2-14-10-23(30)25(24(31)11-14)17-12-21(28)19(22(29)13-17)7-4-15-3-6-18-16(9-15)5-8-20(27)26(18)32/h3,5-6,8-13H,2H2,1H3. The first kappa shape index (κ1) is 21.5. The van der Waals surface area contributed by atoms with Crippen molar-refractivity contribution in [2.75, 3.05) is 0 Å². The van der Waals surface area contributed by atoms with Crippen LogP contribution in [0.15, 0.2) is 54.6 Å². The first-order chi connectivity index (χ1) is 15.3. The zero-order chi connectivity index (χ0) is 23.0. The third kappa shape index (κ3) is 3.94. The molecule has 0 aliphatic carbocycles. The van der Waals surface area contributed by atoms with Crippen LogP contribution in [0.5, 0.6) is 0 Å². The first-order valence-corrected chi connectivity index (χ1v) is 9.65. The van der Waals surface area contributed by atoms with Crippen molar-refractivity contribution in [1.29, 1.82) is 0 Å². The molecule has 4 rings (SSSR count). The van der Waals surface area contributed by atoms with Crippen LogP contribution in [0.3, 0.4) is 0 Å². The Labute approximate surface area is 180 Å². The Morgan fingerprint density at radius 2 is 1.31 bits per heavy atom. The van der Waals surface area contributed by atoms with Gasteiger partial charge in [0.25, 0.3) is 0 Å². The minimum Gasteiger partial charge on any atom is -0.206 e. The minimum absolute atomic E-state index is 0.0513. The summed E-state index contributed by atoms with van der Waals surface area (Å²) in [6.45, 7) is 1.73. The van der Waals surface area contributed by atoms with Gasteiger partial charge < -0.3 is 0 Å². The van der Waals surface area contributed by atoms with Crippen LogP contribution < -0.4 is 0 Å². The number of aryl methyl sites for hydroxylation is 1. The van der Waals surface area contributed by atoms with E-state index < -0.39 is 46.0 Å². The number of hydrogen-bond donors (Lipinski definition) is 0. The third-order valence-corrected chi connectivity index (χ3v) is 5.08. The molecule has 0 spiro atoms. The van der Waals surface area contributed by atoms with Gasteiger partial charge >= 0.3 is 0 Å². The van der Waals surface area contributed by atoms with Gasteiger partial charge in [-0.15, -0.1) is 0 Å². The van der Waals surface area contributed by atoms with E-state index in [0.717, 1.165) is 30.3 Å². The van der Waals surface area contributed by atoms with Crippen molar-refractivity contribution >= 4 is 10.8 Å². The van der Waals surface area contributed by atoms with E-state index in [2.05, 4.69) is 11.8 Å². The van der Waals surface area contributed by atoms with E-state index >= 15 is 0 Å². The highest BCUT2D eigenvalue weighted by atomic mass is 19.2. The van der Waals surface area contributed by atoms with Gasteiger partial charge in [-0.1, -0.05) is 30.9 Å².